The van der Waals surface area contributed by atoms with Gasteiger partial charge in [-0.2, -0.15) is 0 Å². The third kappa shape index (κ3) is 7.43. The van der Waals surface area contributed by atoms with Crippen molar-refractivity contribution in [3.8, 4) is 0 Å². The van der Waals surface area contributed by atoms with Crippen molar-refractivity contribution in [1.82, 2.24) is 0 Å². The Morgan fingerprint density at radius 3 is 1.39 bits per heavy atom. The second kappa shape index (κ2) is 16.4. The van der Waals surface area contributed by atoms with Gasteiger partial charge in [0, 0.05) is 50.9 Å². The van der Waals surface area contributed by atoms with Crippen LogP contribution >= 0.6 is 0 Å². The first-order valence-electron chi connectivity index (χ1n) is 28.7. The van der Waals surface area contributed by atoms with E-state index in [-0.39, 0.29) is 44.6 Å². The summed E-state index contributed by atoms with van der Waals surface area (Å²) in [6.07, 6.45) is 3.33. The molecule has 0 radical (unpaired) electrons. The van der Waals surface area contributed by atoms with E-state index in [4.69, 9.17) is 0 Å². The van der Waals surface area contributed by atoms with Crippen LogP contribution in [0.2, 0.25) is 0 Å². The van der Waals surface area contributed by atoms with E-state index in [2.05, 4.69) is 282 Å². The maximum absolute atomic E-state index is 2.72. The van der Waals surface area contributed by atoms with Gasteiger partial charge in [-0.3, -0.25) is 0 Å². The molecule has 5 aliphatic rings. The molecule has 0 saturated carbocycles. The van der Waals surface area contributed by atoms with E-state index in [1.165, 1.54) is 101 Å². The molecule has 0 atom stereocenters. The van der Waals surface area contributed by atoms with Crippen LogP contribution in [0.5, 0.6) is 0 Å². The average molecular weight is 1010 g/mol. The third-order valence-corrected chi connectivity index (χ3v) is 19.6. The standard InChI is InChI=1S/C73H78BN3/c1-46-35-54-57(71(10,11)44-68(54,4)5)41-61(46)77-62-36-48(73(14,15)47-25-19-16-20-26-47)31-34-59(62)74-60-40-56-58(72(12,13)45-70(56,8)9)42-63(60)76(51-32-33-53-55(37-51)69(6,7)43-67(53,2)3)64-38-52(39-65(77)66(64)74)75(49-27-21-17-22-28-49)50-29-23-18-24-30-50/h16-42H,43-45H2,1-15H3. The largest absolute Gasteiger partial charge is 0.311 e. The van der Waals surface area contributed by atoms with E-state index in [1.54, 1.807) is 0 Å². The number of hydrogen-bond acceptors (Lipinski definition) is 3. The van der Waals surface area contributed by atoms with Crippen molar-refractivity contribution in [3.63, 3.8) is 0 Å². The highest BCUT2D eigenvalue weighted by molar-refractivity contribution is 7.00. The summed E-state index contributed by atoms with van der Waals surface area (Å²) in [7, 11) is 0. The summed E-state index contributed by atoms with van der Waals surface area (Å²) < 4.78 is 0. The number of aryl methyl sites for hydroxylation is 1. The lowest BCUT2D eigenvalue weighted by Gasteiger charge is -2.46. The fraction of sp³-hybridized carbons (Fsp3) is 0.342. The molecule has 4 heteroatoms. The molecule has 2 heterocycles. The number of anilines is 9. The summed E-state index contributed by atoms with van der Waals surface area (Å²) in [4.78, 5) is 7.93. The first-order valence-corrected chi connectivity index (χ1v) is 28.7. The van der Waals surface area contributed by atoms with E-state index in [0.717, 1.165) is 36.3 Å². The molecular formula is C73H78BN3. The summed E-state index contributed by atoms with van der Waals surface area (Å²) in [5.41, 5.74) is 27.7. The second-order valence-electron chi connectivity index (χ2n) is 28.5. The Bertz CT molecular complexity index is 3690. The highest BCUT2D eigenvalue weighted by Crippen LogP contribution is 2.57. The third-order valence-electron chi connectivity index (χ3n) is 19.6. The van der Waals surface area contributed by atoms with E-state index in [1.807, 2.05) is 0 Å². The highest BCUT2D eigenvalue weighted by atomic mass is 15.2. The van der Waals surface area contributed by atoms with Crippen LogP contribution in [-0.4, -0.2) is 6.71 Å². The van der Waals surface area contributed by atoms with Gasteiger partial charge in [0.05, 0.1) is 5.69 Å². The molecular weight excluding hydrogens is 930 g/mol. The molecule has 8 aromatic rings. The van der Waals surface area contributed by atoms with Crippen LogP contribution in [0, 0.1) is 6.92 Å². The Balaban J connectivity index is 1.19. The van der Waals surface area contributed by atoms with Gasteiger partial charge in [0.1, 0.15) is 0 Å². The Hall–Kier alpha value is -6.78. The van der Waals surface area contributed by atoms with Crippen LogP contribution in [0.15, 0.2) is 164 Å². The van der Waals surface area contributed by atoms with Crippen molar-refractivity contribution in [2.24, 2.45) is 0 Å². The van der Waals surface area contributed by atoms with Crippen molar-refractivity contribution >= 4 is 74.3 Å². The number of rotatable bonds is 7. The first kappa shape index (κ1) is 49.8. The van der Waals surface area contributed by atoms with Crippen LogP contribution in [0.1, 0.15) is 166 Å². The molecule has 3 aliphatic carbocycles. The summed E-state index contributed by atoms with van der Waals surface area (Å²) in [5, 5.41) is 0. The minimum Gasteiger partial charge on any atom is -0.311 e. The summed E-state index contributed by atoms with van der Waals surface area (Å²) in [6.45, 7) is 36.7. The molecule has 0 N–H and O–H groups in total. The fourth-order valence-electron chi connectivity index (χ4n) is 16.6. The van der Waals surface area contributed by atoms with Crippen molar-refractivity contribution in [3.05, 3.63) is 214 Å². The SMILES string of the molecule is Cc1cc2c(cc1N1c3cc(C(C)(C)c4ccccc4)ccc3B3c4cc5c(cc4N(c4ccc6c(c4)C(C)(C)CC6(C)C)c4cc(N(c6ccccc6)c6ccccc6)cc1c43)C(C)(C)CC5(C)C)C(C)(C)CC2(C)C. The lowest BCUT2D eigenvalue weighted by Crippen LogP contribution is -2.61. The summed E-state index contributed by atoms with van der Waals surface area (Å²) in [6, 6.07) is 63.9. The molecule has 0 unspecified atom stereocenters. The minimum atomic E-state index is -0.265. The molecule has 388 valence electrons. The van der Waals surface area contributed by atoms with E-state index in [9.17, 15) is 0 Å². The molecule has 3 nitrogen and oxygen atoms in total. The van der Waals surface area contributed by atoms with Gasteiger partial charge >= 0.3 is 0 Å². The molecule has 0 spiro atoms. The van der Waals surface area contributed by atoms with Crippen molar-refractivity contribution < 1.29 is 0 Å². The number of para-hydroxylation sites is 2. The molecule has 77 heavy (non-hydrogen) atoms. The van der Waals surface area contributed by atoms with Crippen LogP contribution in [0.25, 0.3) is 0 Å². The summed E-state index contributed by atoms with van der Waals surface area (Å²) >= 11 is 0. The normalized spacial score (nSPS) is 19.0. The monoisotopic (exact) mass is 1010 g/mol. The van der Waals surface area contributed by atoms with E-state index in [0.29, 0.717) is 0 Å². The second-order valence-corrected chi connectivity index (χ2v) is 28.5. The number of hydrogen-bond donors (Lipinski definition) is 0. The zero-order valence-corrected chi connectivity index (χ0v) is 48.6. The van der Waals surface area contributed by atoms with Gasteiger partial charge in [-0.1, -0.05) is 194 Å². The fourth-order valence-corrected chi connectivity index (χ4v) is 16.6. The molecule has 13 rings (SSSR count). The average Bonchev–Trinajstić information content (AvgIpc) is 3.80. The Kier molecular flexibility index (Phi) is 10.6. The lowest BCUT2D eigenvalue weighted by atomic mass is 9.33. The zero-order chi connectivity index (χ0) is 54.1. The topological polar surface area (TPSA) is 9.72 Å². The van der Waals surface area contributed by atoms with Gasteiger partial charge in [0.15, 0.2) is 0 Å². The molecule has 2 aliphatic heterocycles. The van der Waals surface area contributed by atoms with Gasteiger partial charge in [-0.25, -0.2) is 0 Å². The maximum atomic E-state index is 2.72. The Morgan fingerprint density at radius 1 is 0.377 bits per heavy atom. The molecule has 8 aromatic carbocycles. The highest BCUT2D eigenvalue weighted by Gasteiger charge is 2.50. The van der Waals surface area contributed by atoms with Crippen LogP contribution in [0.3, 0.4) is 0 Å². The van der Waals surface area contributed by atoms with E-state index >= 15 is 0 Å². The molecule has 0 saturated heterocycles. The number of fused-ring (bicyclic) bond motifs is 7. The van der Waals surface area contributed by atoms with Gasteiger partial charge in [0.2, 0.25) is 0 Å². The van der Waals surface area contributed by atoms with Gasteiger partial charge in [-0.05, 0) is 192 Å². The number of nitrogens with zero attached hydrogens (tertiary/aromatic N) is 3. The van der Waals surface area contributed by atoms with E-state index < -0.39 is 0 Å². The molecule has 0 amide bonds. The van der Waals surface area contributed by atoms with Crippen LogP contribution in [0.4, 0.5) is 51.2 Å². The predicted octanol–water partition coefficient (Wildman–Crippen LogP) is 17.8. The number of benzene rings is 8. The van der Waals surface area contributed by atoms with Crippen LogP contribution in [-0.2, 0) is 37.9 Å². The first-order chi connectivity index (χ1) is 36.3. The van der Waals surface area contributed by atoms with Crippen LogP contribution < -0.4 is 31.1 Å². The Morgan fingerprint density at radius 2 is 0.831 bits per heavy atom. The Labute approximate surface area is 461 Å². The minimum absolute atomic E-state index is 0.000812. The van der Waals surface area contributed by atoms with Crippen molar-refractivity contribution in [1.29, 1.82) is 0 Å². The van der Waals surface area contributed by atoms with Gasteiger partial charge in [0.25, 0.3) is 6.71 Å². The molecule has 0 bridgehead atoms. The zero-order valence-electron chi connectivity index (χ0n) is 48.6. The van der Waals surface area contributed by atoms with Crippen molar-refractivity contribution in [2.45, 2.75) is 161 Å². The predicted molar refractivity (Wildman–Crippen MR) is 330 cm³/mol. The van der Waals surface area contributed by atoms with Gasteiger partial charge in [-0.15, -0.1) is 0 Å². The molecule has 0 fully saturated rings. The summed E-state index contributed by atoms with van der Waals surface area (Å²) in [5.74, 6) is 0. The maximum Gasteiger partial charge on any atom is 0.252 e. The van der Waals surface area contributed by atoms with Crippen molar-refractivity contribution in [2.75, 3.05) is 14.7 Å². The smallest absolute Gasteiger partial charge is 0.252 e. The van der Waals surface area contributed by atoms with Gasteiger partial charge < -0.3 is 14.7 Å². The quantitative estimate of drug-likeness (QED) is 0.147. The lowest BCUT2D eigenvalue weighted by molar-refractivity contribution is 0.402. The molecule has 0 aromatic heterocycles.